The van der Waals surface area contributed by atoms with Crippen LogP contribution in [0.1, 0.15) is 25.3 Å². The molecule has 1 aromatic carbocycles. The largest absolute Gasteiger partial charge is 0.357 e. The van der Waals surface area contributed by atoms with Crippen LogP contribution in [0.2, 0.25) is 0 Å². The Bertz CT molecular complexity index is 479. The van der Waals surface area contributed by atoms with E-state index in [1.165, 1.54) is 5.56 Å². The molecule has 4 nitrogen and oxygen atoms in total. The van der Waals surface area contributed by atoms with Gasteiger partial charge in [0, 0.05) is 25.7 Å². The van der Waals surface area contributed by atoms with E-state index >= 15 is 0 Å². The molecule has 0 spiro atoms. The first-order valence-electron chi connectivity index (χ1n) is 8.20. The van der Waals surface area contributed by atoms with Crippen molar-refractivity contribution in [3.63, 3.8) is 0 Å². The maximum Gasteiger partial charge on any atom is 0.191 e. The number of hydrogen-bond donors (Lipinski definition) is 2. The van der Waals surface area contributed by atoms with E-state index in [4.69, 9.17) is 0 Å². The van der Waals surface area contributed by atoms with Gasteiger partial charge in [0.25, 0.3) is 0 Å². The highest BCUT2D eigenvalue weighted by Crippen LogP contribution is 2.08. The normalized spacial score (nSPS) is 14.8. The number of aliphatic imine (C=N–C) groups is 1. The number of hydrogen-bond acceptors (Lipinski definition) is 2. The van der Waals surface area contributed by atoms with Crippen molar-refractivity contribution in [2.24, 2.45) is 4.99 Å². The Labute approximate surface area is 157 Å². The molecule has 128 valence electrons. The summed E-state index contributed by atoms with van der Waals surface area (Å²) in [4.78, 5) is 6.99. The van der Waals surface area contributed by atoms with Crippen LogP contribution in [0.15, 0.2) is 47.5 Å². The van der Waals surface area contributed by atoms with Crippen LogP contribution in [0.5, 0.6) is 0 Å². The van der Waals surface area contributed by atoms with E-state index < -0.39 is 0 Å². The summed E-state index contributed by atoms with van der Waals surface area (Å²) < 4.78 is 0. The third kappa shape index (κ3) is 7.83. The molecular formula is C18H29IN4. The first-order chi connectivity index (χ1) is 10.8. The summed E-state index contributed by atoms with van der Waals surface area (Å²) in [6.45, 7) is 5.72. The van der Waals surface area contributed by atoms with Gasteiger partial charge in [0.15, 0.2) is 5.96 Å². The monoisotopic (exact) mass is 428 g/mol. The molecule has 1 aliphatic rings. The summed E-state index contributed by atoms with van der Waals surface area (Å²) in [6, 6.07) is 11.1. The van der Waals surface area contributed by atoms with Crippen LogP contribution in [0.3, 0.4) is 0 Å². The molecule has 2 rings (SSSR count). The standard InChI is InChI=1S/C18H28N4.HI/c1-3-19-18(21-17-11-7-8-12-17)20-13-14-22(2)15-16-9-5-4-6-10-16;/h4-10,17H,3,11-15H2,1-2H3,(H2,19,20,21);1H. The Kier molecular flexibility index (Phi) is 9.94. The SMILES string of the molecule is CCNC(=NCCN(C)Cc1ccccc1)NC1CC=CC1.I. The van der Waals surface area contributed by atoms with Crippen molar-refractivity contribution >= 4 is 29.9 Å². The predicted molar refractivity (Wildman–Crippen MR) is 109 cm³/mol. The summed E-state index contributed by atoms with van der Waals surface area (Å²) >= 11 is 0. The molecule has 0 aromatic heterocycles. The first kappa shape index (κ1) is 20.0. The van der Waals surface area contributed by atoms with Crippen molar-refractivity contribution < 1.29 is 0 Å². The van der Waals surface area contributed by atoms with Crippen molar-refractivity contribution in [3.05, 3.63) is 48.0 Å². The van der Waals surface area contributed by atoms with E-state index in [0.29, 0.717) is 6.04 Å². The quantitative estimate of drug-likeness (QED) is 0.304. The minimum Gasteiger partial charge on any atom is -0.357 e. The molecule has 0 fully saturated rings. The molecule has 0 bridgehead atoms. The minimum absolute atomic E-state index is 0. The van der Waals surface area contributed by atoms with Crippen LogP contribution >= 0.6 is 24.0 Å². The highest BCUT2D eigenvalue weighted by Gasteiger charge is 2.11. The molecule has 0 heterocycles. The van der Waals surface area contributed by atoms with Crippen LogP contribution < -0.4 is 10.6 Å². The lowest BCUT2D eigenvalue weighted by Gasteiger charge is -2.18. The second-order valence-corrected chi connectivity index (χ2v) is 5.77. The maximum absolute atomic E-state index is 4.68. The van der Waals surface area contributed by atoms with Crippen LogP contribution in [0.4, 0.5) is 0 Å². The van der Waals surface area contributed by atoms with Crippen molar-refractivity contribution in [1.82, 2.24) is 15.5 Å². The van der Waals surface area contributed by atoms with Gasteiger partial charge in [-0.2, -0.15) is 0 Å². The summed E-state index contributed by atoms with van der Waals surface area (Å²) in [7, 11) is 2.14. The molecule has 0 radical (unpaired) electrons. The number of guanidine groups is 1. The van der Waals surface area contributed by atoms with E-state index in [9.17, 15) is 0 Å². The van der Waals surface area contributed by atoms with Crippen LogP contribution in [0, 0.1) is 0 Å². The van der Waals surface area contributed by atoms with Crippen LogP contribution in [-0.4, -0.2) is 43.6 Å². The number of nitrogens with zero attached hydrogens (tertiary/aromatic N) is 2. The van der Waals surface area contributed by atoms with Crippen molar-refractivity contribution in [2.75, 3.05) is 26.7 Å². The number of nitrogens with one attached hydrogen (secondary N) is 2. The second-order valence-electron chi connectivity index (χ2n) is 5.77. The zero-order valence-corrected chi connectivity index (χ0v) is 16.5. The fourth-order valence-electron chi connectivity index (χ4n) is 2.56. The Hall–Kier alpha value is -1.08. The number of likely N-dealkylation sites (N-methyl/N-ethyl adjacent to an activating group) is 1. The highest BCUT2D eigenvalue weighted by molar-refractivity contribution is 14.0. The molecule has 0 aliphatic heterocycles. The molecule has 5 heteroatoms. The first-order valence-corrected chi connectivity index (χ1v) is 8.20. The van der Waals surface area contributed by atoms with Gasteiger partial charge in [-0.05, 0) is 32.4 Å². The van der Waals surface area contributed by atoms with Gasteiger partial charge < -0.3 is 15.5 Å². The third-order valence-corrected chi connectivity index (χ3v) is 3.74. The van der Waals surface area contributed by atoms with Crippen molar-refractivity contribution in [3.8, 4) is 0 Å². The Morgan fingerprint density at radius 1 is 1.22 bits per heavy atom. The summed E-state index contributed by atoms with van der Waals surface area (Å²) in [5.41, 5.74) is 1.34. The van der Waals surface area contributed by atoms with Gasteiger partial charge in [0.05, 0.1) is 6.54 Å². The molecule has 0 saturated heterocycles. The Balaban J connectivity index is 0.00000264. The van der Waals surface area contributed by atoms with Crippen LogP contribution in [-0.2, 0) is 6.54 Å². The zero-order chi connectivity index (χ0) is 15.6. The molecule has 23 heavy (non-hydrogen) atoms. The topological polar surface area (TPSA) is 39.7 Å². The summed E-state index contributed by atoms with van der Waals surface area (Å²) in [5.74, 6) is 0.935. The van der Waals surface area contributed by atoms with Crippen LogP contribution in [0.25, 0.3) is 0 Å². The van der Waals surface area contributed by atoms with E-state index in [1.807, 2.05) is 0 Å². The minimum atomic E-state index is 0. The smallest absolute Gasteiger partial charge is 0.191 e. The summed E-state index contributed by atoms with van der Waals surface area (Å²) in [6.07, 6.45) is 6.65. The fourth-order valence-corrected chi connectivity index (χ4v) is 2.56. The van der Waals surface area contributed by atoms with Gasteiger partial charge in [-0.15, -0.1) is 24.0 Å². The third-order valence-electron chi connectivity index (χ3n) is 3.74. The lowest BCUT2D eigenvalue weighted by Crippen LogP contribution is -2.42. The predicted octanol–water partition coefficient (Wildman–Crippen LogP) is 3.01. The molecule has 0 saturated carbocycles. The lowest BCUT2D eigenvalue weighted by atomic mass is 10.2. The molecule has 1 aromatic rings. The Morgan fingerprint density at radius 3 is 2.57 bits per heavy atom. The van der Waals surface area contributed by atoms with E-state index in [0.717, 1.165) is 45.0 Å². The molecular weight excluding hydrogens is 399 g/mol. The zero-order valence-electron chi connectivity index (χ0n) is 14.2. The van der Waals surface area contributed by atoms with Gasteiger partial charge in [-0.1, -0.05) is 42.5 Å². The van der Waals surface area contributed by atoms with Crippen molar-refractivity contribution in [1.29, 1.82) is 0 Å². The van der Waals surface area contributed by atoms with Crippen molar-refractivity contribution in [2.45, 2.75) is 32.4 Å². The lowest BCUT2D eigenvalue weighted by molar-refractivity contribution is 0.336. The fraction of sp³-hybridized carbons (Fsp3) is 0.500. The van der Waals surface area contributed by atoms with Gasteiger partial charge in [-0.25, -0.2) is 0 Å². The molecule has 2 N–H and O–H groups in total. The van der Waals surface area contributed by atoms with E-state index in [1.54, 1.807) is 0 Å². The van der Waals surface area contributed by atoms with Gasteiger partial charge >= 0.3 is 0 Å². The number of benzene rings is 1. The Morgan fingerprint density at radius 2 is 1.91 bits per heavy atom. The van der Waals surface area contributed by atoms with E-state index in [2.05, 4.69) is 77.0 Å². The number of halogens is 1. The molecule has 0 atom stereocenters. The maximum atomic E-state index is 4.68. The van der Waals surface area contributed by atoms with Gasteiger partial charge in [0.2, 0.25) is 0 Å². The highest BCUT2D eigenvalue weighted by atomic mass is 127. The van der Waals surface area contributed by atoms with Gasteiger partial charge in [-0.3, -0.25) is 4.99 Å². The summed E-state index contributed by atoms with van der Waals surface area (Å²) in [5, 5.41) is 6.82. The average Bonchev–Trinajstić information content (AvgIpc) is 3.01. The number of rotatable bonds is 7. The molecule has 0 unspecified atom stereocenters. The van der Waals surface area contributed by atoms with Gasteiger partial charge in [0.1, 0.15) is 0 Å². The molecule has 0 amide bonds. The second kappa shape index (κ2) is 11.5. The molecule has 1 aliphatic carbocycles. The van der Waals surface area contributed by atoms with E-state index in [-0.39, 0.29) is 24.0 Å². The average molecular weight is 428 g/mol.